The lowest BCUT2D eigenvalue weighted by atomic mass is 10.1. The number of nitrogens with two attached hydrogens (primary N) is 1. The van der Waals surface area contributed by atoms with Crippen molar-refractivity contribution in [3.8, 4) is 0 Å². The first kappa shape index (κ1) is 14.6. The van der Waals surface area contributed by atoms with E-state index < -0.39 is 12.1 Å². The molecule has 0 aliphatic carbocycles. The molecule has 0 spiro atoms. The van der Waals surface area contributed by atoms with Gasteiger partial charge in [0, 0.05) is 12.2 Å². The first-order chi connectivity index (χ1) is 9.32. The molecule has 2 N–H and O–H groups in total. The average molecular weight is 306 g/mol. The van der Waals surface area contributed by atoms with Gasteiger partial charge in [-0.15, -0.1) is 11.6 Å². The summed E-state index contributed by atoms with van der Waals surface area (Å²) in [5, 5.41) is 0. The molecule has 20 heavy (non-hydrogen) atoms. The summed E-state index contributed by atoms with van der Waals surface area (Å²) in [5.41, 5.74) is 6.88. The van der Waals surface area contributed by atoms with Crippen LogP contribution < -0.4 is 10.6 Å². The topological polar surface area (TPSA) is 58.7 Å². The maximum Gasteiger partial charge on any atom is 0.471 e. The minimum atomic E-state index is -4.87. The summed E-state index contributed by atoms with van der Waals surface area (Å²) in [7, 11) is 0. The second kappa shape index (κ2) is 5.32. The molecular formula is C12H11ClF3N3O. The van der Waals surface area contributed by atoms with Crippen LogP contribution in [-0.2, 0) is 11.2 Å². The molecule has 4 nitrogen and oxygen atoms in total. The van der Waals surface area contributed by atoms with Crippen molar-refractivity contribution in [3.63, 3.8) is 0 Å². The van der Waals surface area contributed by atoms with E-state index >= 15 is 0 Å². The Morgan fingerprint density at radius 2 is 2.15 bits per heavy atom. The lowest BCUT2D eigenvalue weighted by molar-refractivity contribution is -0.170. The molecule has 1 aromatic carbocycles. The van der Waals surface area contributed by atoms with E-state index in [1.54, 1.807) is 6.07 Å². The molecule has 2 rings (SSSR count). The third-order valence-corrected chi connectivity index (χ3v) is 3.13. The van der Waals surface area contributed by atoms with Gasteiger partial charge in [0.1, 0.15) is 5.84 Å². The van der Waals surface area contributed by atoms with E-state index in [4.69, 9.17) is 17.3 Å². The van der Waals surface area contributed by atoms with Gasteiger partial charge in [-0.2, -0.15) is 13.2 Å². The van der Waals surface area contributed by atoms with Crippen molar-refractivity contribution >= 4 is 34.7 Å². The Morgan fingerprint density at radius 1 is 1.45 bits per heavy atom. The van der Waals surface area contributed by atoms with E-state index in [-0.39, 0.29) is 23.9 Å². The average Bonchev–Trinajstić information content (AvgIpc) is 2.79. The van der Waals surface area contributed by atoms with Crippen LogP contribution in [-0.4, -0.2) is 30.3 Å². The second-order valence-electron chi connectivity index (χ2n) is 4.25. The highest BCUT2D eigenvalue weighted by molar-refractivity contribution is 6.28. The molecule has 8 heteroatoms. The molecule has 1 amide bonds. The van der Waals surface area contributed by atoms with Crippen molar-refractivity contribution in [2.45, 2.75) is 12.6 Å². The third-order valence-electron chi connectivity index (χ3n) is 2.86. The first-order valence-corrected chi connectivity index (χ1v) is 6.27. The maximum atomic E-state index is 12.4. The molecule has 1 aromatic rings. The Bertz CT molecular complexity index is 572. The number of hydrogen-bond donors (Lipinski definition) is 1. The van der Waals surface area contributed by atoms with Crippen molar-refractivity contribution in [1.82, 2.24) is 0 Å². The Hall–Kier alpha value is -1.76. The summed E-state index contributed by atoms with van der Waals surface area (Å²) in [6.45, 7) is 0.00579. The number of nitrogens with zero attached hydrogens (tertiary/aromatic N) is 2. The number of rotatable bonds is 2. The van der Waals surface area contributed by atoms with Gasteiger partial charge < -0.3 is 10.6 Å². The Kier molecular flexibility index (Phi) is 3.89. The highest BCUT2D eigenvalue weighted by Gasteiger charge is 2.44. The van der Waals surface area contributed by atoms with Gasteiger partial charge in [0.05, 0.1) is 11.6 Å². The van der Waals surface area contributed by atoms with Crippen molar-refractivity contribution in [3.05, 3.63) is 23.8 Å². The molecule has 0 aromatic heterocycles. The third kappa shape index (κ3) is 2.87. The molecule has 0 unspecified atom stereocenters. The van der Waals surface area contributed by atoms with E-state index in [1.165, 1.54) is 12.1 Å². The second-order valence-corrected chi connectivity index (χ2v) is 4.52. The molecule has 0 fully saturated rings. The van der Waals surface area contributed by atoms with Crippen LogP contribution in [0.1, 0.15) is 5.56 Å². The fourth-order valence-corrected chi connectivity index (χ4v) is 2.08. The number of hydrogen-bond acceptors (Lipinski definition) is 2. The highest BCUT2D eigenvalue weighted by atomic mass is 35.5. The fourth-order valence-electron chi connectivity index (χ4n) is 2.02. The van der Waals surface area contributed by atoms with Gasteiger partial charge in [0.25, 0.3) is 0 Å². The molecule has 1 aliphatic rings. The van der Waals surface area contributed by atoms with Crippen LogP contribution in [0.2, 0.25) is 0 Å². The summed E-state index contributed by atoms with van der Waals surface area (Å²) in [6, 6.07) is 4.55. The van der Waals surface area contributed by atoms with Gasteiger partial charge in [-0.25, -0.2) is 4.99 Å². The zero-order valence-corrected chi connectivity index (χ0v) is 11.0. The normalized spacial score (nSPS) is 15.4. The van der Waals surface area contributed by atoms with Gasteiger partial charge in [-0.05, 0) is 30.2 Å². The number of benzene rings is 1. The number of fused-ring (bicyclic) bond motifs is 1. The number of amides is 1. The standard InChI is InChI=1S/C12H11ClF3N3O/c13-6-10(17)18-8-1-2-9-7(5-8)3-4-19(9)11(20)12(14,15)16/h1-2,5H,3-4,6H2,(H2,17,18). The van der Waals surface area contributed by atoms with E-state index in [0.717, 1.165) is 4.90 Å². The predicted octanol–water partition coefficient (Wildman–Crippen LogP) is 2.37. The van der Waals surface area contributed by atoms with Crippen LogP contribution >= 0.6 is 11.6 Å². The van der Waals surface area contributed by atoms with Crippen LogP contribution in [0.15, 0.2) is 23.2 Å². The molecule has 1 aliphatic heterocycles. The minimum absolute atomic E-state index is 0.00579. The van der Waals surface area contributed by atoms with E-state index in [1.807, 2.05) is 0 Å². The molecule has 0 atom stereocenters. The summed E-state index contributed by atoms with van der Waals surface area (Å²) in [5.74, 6) is -1.57. The van der Waals surface area contributed by atoms with Crippen LogP contribution in [0, 0.1) is 0 Å². The van der Waals surface area contributed by atoms with Crippen LogP contribution in [0.4, 0.5) is 24.5 Å². The van der Waals surface area contributed by atoms with Crippen molar-refractivity contribution < 1.29 is 18.0 Å². The van der Waals surface area contributed by atoms with Crippen molar-refractivity contribution in [2.24, 2.45) is 10.7 Å². The van der Waals surface area contributed by atoms with Crippen LogP contribution in [0.25, 0.3) is 0 Å². The Labute approximate surface area is 118 Å². The zero-order valence-electron chi connectivity index (χ0n) is 10.2. The lowest BCUT2D eigenvalue weighted by Crippen LogP contribution is -2.40. The van der Waals surface area contributed by atoms with Gasteiger partial charge in [0.2, 0.25) is 0 Å². The van der Waals surface area contributed by atoms with Crippen molar-refractivity contribution in [1.29, 1.82) is 0 Å². The van der Waals surface area contributed by atoms with E-state index in [0.29, 0.717) is 17.7 Å². The molecular weight excluding hydrogens is 295 g/mol. The van der Waals surface area contributed by atoms with Crippen molar-refractivity contribution in [2.75, 3.05) is 17.3 Å². The number of halogens is 4. The zero-order chi connectivity index (χ0) is 14.9. The molecule has 0 saturated heterocycles. The number of carbonyl (C=O) groups excluding carboxylic acids is 1. The maximum absolute atomic E-state index is 12.4. The summed E-state index contributed by atoms with van der Waals surface area (Å²) >= 11 is 5.50. The molecule has 0 saturated carbocycles. The number of aliphatic imine (C=N–C) groups is 1. The molecule has 0 radical (unpaired) electrons. The van der Waals surface area contributed by atoms with Gasteiger partial charge >= 0.3 is 12.1 Å². The van der Waals surface area contributed by atoms with Crippen LogP contribution in [0.5, 0.6) is 0 Å². The van der Waals surface area contributed by atoms with Gasteiger partial charge in [0.15, 0.2) is 0 Å². The molecule has 1 heterocycles. The largest absolute Gasteiger partial charge is 0.471 e. The fraction of sp³-hybridized carbons (Fsp3) is 0.333. The molecule has 108 valence electrons. The number of amidine groups is 1. The first-order valence-electron chi connectivity index (χ1n) is 5.73. The Morgan fingerprint density at radius 3 is 2.75 bits per heavy atom. The monoisotopic (exact) mass is 305 g/mol. The summed E-state index contributed by atoms with van der Waals surface area (Å²) in [4.78, 5) is 16.0. The summed E-state index contributed by atoms with van der Waals surface area (Å²) < 4.78 is 37.3. The number of carbonyl (C=O) groups is 1. The quantitative estimate of drug-likeness (QED) is 0.518. The van der Waals surface area contributed by atoms with E-state index in [9.17, 15) is 18.0 Å². The number of alkyl halides is 4. The van der Waals surface area contributed by atoms with Gasteiger partial charge in [-0.1, -0.05) is 0 Å². The highest BCUT2D eigenvalue weighted by Crippen LogP contribution is 2.34. The minimum Gasteiger partial charge on any atom is -0.386 e. The van der Waals surface area contributed by atoms with E-state index in [2.05, 4.69) is 4.99 Å². The molecule has 0 bridgehead atoms. The van der Waals surface area contributed by atoms with Crippen LogP contribution in [0.3, 0.4) is 0 Å². The summed E-state index contributed by atoms with van der Waals surface area (Å²) in [6.07, 6.45) is -4.53. The van der Waals surface area contributed by atoms with Gasteiger partial charge in [-0.3, -0.25) is 4.79 Å². The smallest absolute Gasteiger partial charge is 0.386 e. The lowest BCUT2D eigenvalue weighted by Gasteiger charge is -2.18. The predicted molar refractivity (Wildman–Crippen MR) is 70.6 cm³/mol. The Balaban J connectivity index is 2.29. The number of anilines is 1. The SMILES string of the molecule is NC(CCl)=Nc1ccc2c(c1)CCN2C(=O)C(F)(F)F.